The van der Waals surface area contributed by atoms with Crippen LogP contribution in [0.25, 0.3) is 0 Å². The number of benzene rings is 1. The molecule has 0 unspecified atom stereocenters. The van der Waals surface area contributed by atoms with Crippen molar-refractivity contribution in [2.75, 3.05) is 6.61 Å². The summed E-state index contributed by atoms with van der Waals surface area (Å²) in [6.45, 7) is 8.53. The minimum atomic E-state index is -0.571. The fourth-order valence-corrected chi connectivity index (χ4v) is 6.85. The Bertz CT molecular complexity index is 783. The van der Waals surface area contributed by atoms with E-state index in [1.165, 1.54) is 38.5 Å². The van der Waals surface area contributed by atoms with Crippen molar-refractivity contribution in [1.29, 1.82) is 0 Å². The Kier molecular flexibility index (Phi) is 6.32. The first kappa shape index (κ1) is 22.2. The van der Waals surface area contributed by atoms with Gasteiger partial charge >= 0.3 is 0 Å². The molecular formula is C26H38N2O3. The highest BCUT2D eigenvalue weighted by atomic mass is 16.5. The second-order valence-electron chi connectivity index (χ2n) is 10.6. The molecule has 0 spiro atoms. The Labute approximate surface area is 186 Å². The van der Waals surface area contributed by atoms with Crippen LogP contribution in [0.15, 0.2) is 24.3 Å². The lowest BCUT2D eigenvalue weighted by molar-refractivity contribution is -0.128. The number of ether oxygens (including phenoxy) is 1. The smallest absolute Gasteiger partial charge is 0.255 e. The number of amides is 2. The molecule has 2 N–H and O–H groups in total. The van der Waals surface area contributed by atoms with Crippen molar-refractivity contribution in [3.8, 4) is 5.75 Å². The molecule has 5 nitrogen and oxygen atoms in total. The summed E-state index contributed by atoms with van der Waals surface area (Å²) >= 11 is 0. The van der Waals surface area contributed by atoms with E-state index in [0.717, 1.165) is 17.8 Å². The fraction of sp³-hybridized carbons (Fsp3) is 0.692. The van der Waals surface area contributed by atoms with Gasteiger partial charge in [0.25, 0.3) is 5.91 Å². The number of rotatable bonds is 8. The van der Waals surface area contributed by atoms with Crippen LogP contribution in [-0.2, 0) is 4.79 Å². The largest absolute Gasteiger partial charge is 0.493 e. The molecule has 4 aliphatic carbocycles. The van der Waals surface area contributed by atoms with Crippen LogP contribution in [0, 0.1) is 29.1 Å². The molecule has 4 fully saturated rings. The molecular weight excluding hydrogens is 388 g/mol. The molecule has 5 heteroatoms. The summed E-state index contributed by atoms with van der Waals surface area (Å²) in [6.07, 6.45) is 7.93. The van der Waals surface area contributed by atoms with Crippen molar-refractivity contribution < 1.29 is 14.3 Å². The molecule has 0 radical (unpaired) electrons. The van der Waals surface area contributed by atoms with Crippen molar-refractivity contribution in [2.24, 2.45) is 29.1 Å². The molecule has 1 aromatic rings. The maximum Gasteiger partial charge on any atom is 0.255 e. The Balaban J connectivity index is 1.44. The molecule has 0 heterocycles. The van der Waals surface area contributed by atoms with Crippen molar-refractivity contribution in [1.82, 2.24) is 10.6 Å². The van der Waals surface area contributed by atoms with Crippen molar-refractivity contribution in [2.45, 2.75) is 78.3 Å². The summed E-state index contributed by atoms with van der Waals surface area (Å²) in [5.74, 6) is 2.75. The molecule has 0 aromatic heterocycles. The highest BCUT2D eigenvalue weighted by Gasteiger charge is 2.53. The second kappa shape index (κ2) is 8.84. The van der Waals surface area contributed by atoms with Crippen LogP contribution < -0.4 is 15.4 Å². The fourth-order valence-electron chi connectivity index (χ4n) is 6.85. The van der Waals surface area contributed by atoms with Crippen LogP contribution in [0.1, 0.15) is 76.6 Å². The van der Waals surface area contributed by atoms with E-state index in [-0.39, 0.29) is 29.2 Å². The molecule has 31 heavy (non-hydrogen) atoms. The zero-order valence-corrected chi connectivity index (χ0v) is 19.4. The second-order valence-corrected chi connectivity index (χ2v) is 10.6. The highest BCUT2D eigenvalue weighted by Crippen LogP contribution is 2.61. The standard InChI is InChI=1S/C26H38N2O3/c1-5-31-22-9-7-6-8-21(22)24(29)28-23(16(2)3)25(30)27-17(4)26-13-18-10-19(14-26)12-20(11-18)15-26/h6-9,16-20,23H,5,10-15H2,1-4H3,(H,27,30)(H,28,29)/t17-,18?,19?,20?,23-,26?/m0/s1. The molecule has 0 aliphatic heterocycles. The van der Waals surface area contributed by atoms with Gasteiger partial charge in [-0.1, -0.05) is 26.0 Å². The third-order valence-electron chi connectivity index (χ3n) is 8.03. The van der Waals surface area contributed by atoms with Crippen LogP contribution in [0.5, 0.6) is 5.75 Å². The number of carbonyl (C=O) groups excluding carboxylic acids is 2. The normalized spacial score (nSPS) is 30.7. The van der Waals surface area contributed by atoms with E-state index in [9.17, 15) is 9.59 Å². The van der Waals surface area contributed by atoms with Gasteiger partial charge in [0.1, 0.15) is 11.8 Å². The summed E-state index contributed by atoms with van der Waals surface area (Å²) < 4.78 is 5.60. The lowest BCUT2D eigenvalue weighted by Gasteiger charge is -2.59. The first-order chi connectivity index (χ1) is 14.8. The molecule has 2 atom stereocenters. The van der Waals surface area contributed by atoms with Gasteiger partial charge < -0.3 is 15.4 Å². The average molecular weight is 427 g/mol. The number of para-hydroxylation sites is 1. The van der Waals surface area contributed by atoms with E-state index >= 15 is 0 Å². The SMILES string of the molecule is CCOc1ccccc1C(=O)N[C@H](C(=O)N[C@@H](C)C12CC3CC(CC(C3)C1)C2)C(C)C. The van der Waals surface area contributed by atoms with Gasteiger partial charge in [0.2, 0.25) is 5.91 Å². The van der Waals surface area contributed by atoms with E-state index < -0.39 is 6.04 Å². The first-order valence-electron chi connectivity index (χ1n) is 12.1. The Morgan fingerprint density at radius 3 is 2.13 bits per heavy atom. The number of hydrogen-bond acceptors (Lipinski definition) is 3. The van der Waals surface area contributed by atoms with Gasteiger partial charge in [-0.3, -0.25) is 9.59 Å². The summed E-state index contributed by atoms with van der Waals surface area (Å²) in [7, 11) is 0. The predicted octanol–water partition coefficient (Wildman–Crippen LogP) is 4.56. The van der Waals surface area contributed by atoms with Gasteiger partial charge in [-0.25, -0.2) is 0 Å². The minimum Gasteiger partial charge on any atom is -0.493 e. The van der Waals surface area contributed by atoms with Crippen LogP contribution in [0.3, 0.4) is 0 Å². The van der Waals surface area contributed by atoms with Crippen molar-refractivity contribution >= 4 is 11.8 Å². The molecule has 4 aliphatic rings. The molecule has 5 rings (SSSR count). The lowest BCUT2D eigenvalue weighted by atomic mass is 9.48. The Morgan fingerprint density at radius 1 is 1.00 bits per heavy atom. The van der Waals surface area contributed by atoms with Crippen molar-refractivity contribution in [3.05, 3.63) is 29.8 Å². The van der Waals surface area contributed by atoms with Gasteiger partial charge in [0, 0.05) is 6.04 Å². The van der Waals surface area contributed by atoms with E-state index in [4.69, 9.17) is 4.74 Å². The maximum atomic E-state index is 13.3. The third kappa shape index (κ3) is 4.47. The number of nitrogens with one attached hydrogen (secondary N) is 2. The monoisotopic (exact) mass is 426 g/mol. The molecule has 4 bridgehead atoms. The first-order valence-corrected chi connectivity index (χ1v) is 12.1. The zero-order valence-electron chi connectivity index (χ0n) is 19.4. The van der Waals surface area contributed by atoms with Gasteiger partial charge in [0.15, 0.2) is 0 Å². The number of carbonyl (C=O) groups is 2. The minimum absolute atomic E-state index is 0.00762. The van der Waals surface area contributed by atoms with Crippen LogP contribution in [-0.4, -0.2) is 30.5 Å². The van der Waals surface area contributed by atoms with Gasteiger partial charge in [-0.15, -0.1) is 0 Å². The van der Waals surface area contributed by atoms with Crippen LogP contribution in [0.4, 0.5) is 0 Å². The lowest BCUT2D eigenvalue weighted by Crippen LogP contribution is -2.59. The van der Waals surface area contributed by atoms with E-state index in [0.29, 0.717) is 17.9 Å². The predicted molar refractivity (Wildman–Crippen MR) is 122 cm³/mol. The summed E-state index contributed by atoms with van der Waals surface area (Å²) in [5, 5.41) is 6.31. The average Bonchev–Trinajstić information content (AvgIpc) is 2.71. The van der Waals surface area contributed by atoms with E-state index in [1.807, 2.05) is 32.9 Å². The highest BCUT2D eigenvalue weighted by molar-refractivity contribution is 5.99. The molecule has 170 valence electrons. The molecule has 1 aromatic carbocycles. The van der Waals surface area contributed by atoms with Gasteiger partial charge in [-0.2, -0.15) is 0 Å². The van der Waals surface area contributed by atoms with Crippen LogP contribution in [0.2, 0.25) is 0 Å². The molecule has 2 amide bonds. The van der Waals surface area contributed by atoms with Crippen molar-refractivity contribution in [3.63, 3.8) is 0 Å². The molecule has 0 saturated heterocycles. The third-order valence-corrected chi connectivity index (χ3v) is 8.03. The topological polar surface area (TPSA) is 67.4 Å². The Hall–Kier alpha value is -2.04. The maximum absolute atomic E-state index is 13.3. The number of hydrogen-bond donors (Lipinski definition) is 2. The quantitative estimate of drug-likeness (QED) is 0.640. The molecule has 4 saturated carbocycles. The van der Waals surface area contributed by atoms with Crippen LogP contribution >= 0.6 is 0 Å². The Morgan fingerprint density at radius 2 is 1.58 bits per heavy atom. The van der Waals surface area contributed by atoms with E-state index in [2.05, 4.69) is 17.6 Å². The summed E-state index contributed by atoms with van der Waals surface area (Å²) in [4.78, 5) is 26.3. The summed E-state index contributed by atoms with van der Waals surface area (Å²) in [6, 6.07) is 6.77. The van der Waals surface area contributed by atoms with E-state index in [1.54, 1.807) is 12.1 Å². The van der Waals surface area contributed by atoms with Gasteiger partial charge in [-0.05, 0) is 93.6 Å². The summed E-state index contributed by atoms with van der Waals surface area (Å²) in [5.41, 5.74) is 0.717. The zero-order chi connectivity index (χ0) is 22.2. The van der Waals surface area contributed by atoms with Gasteiger partial charge in [0.05, 0.1) is 12.2 Å².